The van der Waals surface area contributed by atoms with E-state index >= 15 is 0 Å². The summed E-state index contributed by atoms with van der Waals surface area (Å²) < 4.78 is 16.0. The topological polar surface area (TPSA) is 82.1 Å². The van der Waals surface area contributed by atoms with E-state index in [1.807, 2.05) is 44.2 Å². The summed E-state index contributed by atoms with van der Waals surface area (Å²) in [5, 5.41) is 0. The van der Waals surface area contributed by atoms with E-state index in [4.69, 9.17) is 14.2 Å². The van der Waals surface area contributed by atoms with Crippen molar-refractivity contribution in [2.75, 3.05) is 19.8 Å². The minimum Gasteiger partial charge on any atom is -0.486 e. The maximum Gasteiger partial charge on any atom is 0.306 e. The van der Waals surface area contributed by atoms with E-state index in [0.717, 1.165) is 5.56 Å². The van der Waals surface area contributed by atoms with Gasteiger partial charge in [-0.05, 0) is 37.6 Å². The number of carbonyl (C=O) groups excluding carboxylic acids is 3. The number of hydrogen-bond donors (Lipinski definition) is 0. The van der Waals surface area contributed by atoms with Crippen LogP contribution in [0.4, 0.5) is 0 Å². The molecule has 7 nitrogen and oxygen atoms in total. The summed E-state index contributed by atoms with van der Waals surface area (Å²) in [6, 6.07) is 14.5. The zero-order chi connectivity index (χ0) is 22.2. The highest BCUT2D eigenvalue weighted by molar-refractivity contribution is 5.98. The fourth-order valence-electron chi connectivity index (χ4n) is 3.21. The maximum atomic E-state index is 12.5. The first kappa shape index (κ1) is 22.3. The van der Waals surface area contributed by atoms with Crippen molar-refractivity contribution in [2.45, 2.75) is 39.3 Å². The molecule has 1 amide bonds. The number of esters is 1. The van der Waals surface area contributed by atoms with Gasteiger partial charge in [-0.25, -0.2) is 0 Å². The number of amides is 1. The number of ether oxygens (including phenoxy) is 3. The number of Topliss-reactive ketones (excluding diaryl/α,β-unsaturated/α-hetero) is 1. The molecule has 0 atom stereocenters. The molecular formula is C24H27NO6. The molecule has 0 N–H and O–H groups in total. The van der Waals surface area contributed by atoms with Gasteiger partial charge in [0.15, 0.2) is 23.9 Å². The smallest absolute Gasteiger partial charge is 0.306 e. The van der Waals surface area contributed by atoms with Gasteiger partial charge in [-0.2, -0.15) is 0 Å². The molecule has 1 heterocycles. The lowest BCUT2D eigenvalue weighted by molar-refractivity contribution is -0.153. The van der Waals surface area contributed by atoms with Gasteiger partial charge in [0.05, 0.1) is 6.42 Å². The third-order valence-electron chi connectivity index (χ3n) is 4.92. The van der Waals surface area contributed by atoms with Crippen LogP contribution >= 0.6 is 0 Å². The summed E-state index contributed by atoms with van der Waals surface area (Å²) in [4.78, 5) is 38.7. The molecule has 2 aromatic rings. The summed E-state index contributed by atoms with van der Waals surface area (Å²) in [5.41, 5.74) is 1.45. The van der Waals surface area contributed by atoms with Gasteiger partial charge in [-0.1, -0.05) is 30.3 Å². The minimum absolute atomic E-state index is 0.00935. The Labute approximate surface area is 181 Å². The second-order valence-electron chi connectivity index (χ2n) is 7.54. The quantitative estimate of drug-likeness (QED) is 0.452. The second kappa shape index (κ2) is 10.6. The molecule has 0 bridgehead atoms. The molecule has 1 aliphatic heterocycles. The predicted octanol–water partition coefficient (Wildman–Crippen LogP) is 3.40. The first-order valence-corrected chi connectivity index (χ1v) is 10.4. The fourth-order valence-corrected chi connectivity index (χ4v) is 3.21. The van der Waals surface area contributed by atoms with Crippen LogP contribution in [0.25, 0.3) is 0 Å². The van der Waals surface area contributed by atoms with Gasteiger partial charge in [0.1, 0.15) is 13.2 Å². The van der Waals surface area contributed by atoms with Crippen LogP contribution in [-0.4, -0.2) is 48.4 Å². The molecule has 2 aromatic carbocycles. The first-order valence-electron chi connectivity index (χ1n) is 10.4. The SMILES string of the molecule is CC(C)N(Cc1ccccc1)C(=O)COC(=O)CCC(=O)c1ccc2c(c1)OCCO2. The lowest BCUT2D eigenvalue weighted by atomic mass is 10.1. The molecule has 164 valence electrons. The Morgan fingerprint density at radius 3 is 2.39 bits per heavy atom. The first-order chi connectivity index (χ1) is 14.9. The Morgan fingerprint density at radius 1 is 0.968 bits per heavy atom. The molecule has 31 heavy (non-hydrogen) atoms. The van der Waals surface area contributed by atoms with Crippen LogP contribution in [0.15, 0.2) is 48.5 Å². The number of nitrogens with zero attached hydrogens (tertiary/aromatic N) is 1. The molecule has 0 radical (unpaired) electrons. The normalized spacial score (nSPS) is 12.4. The highest BCUT2D eigenvalue weighted by Crippen LogP contribution is 2.31. The molecule has 3 rings (SSSR count). The van der Waals surface area contributed by atoms with Crippen molar-refractivity contribution in [1.29, 1.82) is 0 Å². The Kier molecular flexibility index (Phi) is 7.65. The Hall–Kier alpha value is -3.35. The van der Waals surface area contributed by atoms with E-state index in [0.29, 0.717) is 36.8 Å². The van der Waals surface area contributed by atoms with E-state index in [9.17, 15) is 14.4 Å². The summed E-state index contributed by atoms with van der Waals surface area (Å²) >= 11 is 0. The lowest BCUT2D eigenvalue weighted by Crippen LogP contribution is -2.39. The van der Waals surface area contributed by atoms with Crippen LogP contribution in [0.5, 0.6) is 11.5 Å². The Balaban J connectivity index is 1.46. The summed E-state index contributed by atoms with van der Waals surface area (Å²) in [5.74, 6) is 0.0737. The van der Waals surface area contributed by atoms with Crippen LogP contribution in [0.2, 0.25) is 0 Å². The summed E-state index contributed by atoms with van der Waals surface area (Å²) in [6.07, 6.45) is -0.106. The largest absolute Gasteiger partial charge is 0.486 e. The number of hydrogen-bond acceptors (Lipinski definition) is 6. The highest BCUT2D eigenvalue weighted by Gasteiger charge is 2.20. The van der Waals surface area contributed by atoms with Crippen LogP contribution in [0.1, 0.15) is 42.6 Å². The average molecular weight is 425 g/mol. The van der Waals surface area contributed by atoms with Crippen molar-refractivity contribution >= 4 is 17.7 Å². The Morgan fingerprint density at radius 2 is 1.68 bits per heavy atom. The third-order valence-corrected chi connectivity index (χ3v) is 4.92. The molecule has 0 fully saturated rings. The molecule has 0 spiro atoms. The number of rotatable bonds is 9. The summed E-state index contributed by atoms with van der Waals surface area (Å²) in [6.45, 7) is 4.83. The fraction of sp³-hybridized carbons (Fsp3) is 0.375. The van der Waals surface area contributed by atoms with Gasteiger partial charge < -0.3 is 19.1 Å². The van der Waals surface area contributed by atoms with Crippen molar-refractivity contribution in [2.24, 2.45) is 0 Å². The van der Waals surface area contributed by atoms with Crippen molar-refractivity contribution in [3.05, 3.63) is 59.7 Å². The standard InChI is InChI=1S/C24H27NO6/c1-17(2)25(15-18-6-4-3-5-7-18)23(27)16-31-24(28)11-9-20(26)19-8-10-21-22(14-19)30-13-12-29-21/h3-8,10,14,17H,9,11-13,15-16H2,1-2H3. The maximum absolute atomic E-state index is 12.5. The van der Waals surface area contributed by atoms with Gasteiger partial charge in [-0.3, -0.25) is 14.4 Å². The average Bonchev–Trinajstić information content (AvgIpc) is 2.79. The Bertz CT molecular complexity index is 925. The van der Waals surface area contributed by atoms with E-state index in [-0.39, 0.29) is 37.2 Å². The van der Waals surface area contributed by atoms with E-state index < -0.39 is 5.97 Å². The predicted molar refractivity (Wildman–Crippen MR) is 114 cm³/mol. The second-order valence-corrected chi connectivity index (χ2v) is 7.54. The van der Waals surface area contributed by atoms with E-state index in [1.54, 1.807) is 23.1 Å². The third kappa shape index (κ3) is 6.31. The van der Waals surface area contributed by atoms with Gasteiger partial charge in [0.25, 0.3) is 5.91 Å². The number of carbonyl (C=O) groups is 3. The lowest BCUT2D eigenvalue weighted by Gasteiger charge is -2.26. The van der Waals surface area contributed by atoms with Crippen molar-refractivity contribution in [1.82, 2.24) is 4.90 Å². The zero-order valence-electron chi connectivity index (χ0n) is 17.8. The molecule has 0 saturated heterocycles. The molecule has 1 aliphatic rings. The van der Waals surface area contributed by atoms with Crippen LogP contribution in [-0.2, 0) is 20.9 Å². The van der Waals surface area contributed by atoms with Crippen LogP contribution < -0.4 is 9.47 Å². The van der Waals surface area contributed by atoms with Crippen LogP contribution in [0, 0.1) is 0 Å². The zero-order valence-corrected chi connectivity index (χ0v) is 17.8. The number of ketones is 1. The van der Waals surface area contributed by atoms with Crippen LogP contribution in [0.3, 0.4) is 0 Å². The van der Waals surface area contributed by atoms with E-state index in [2.05, 4.69) is 0 Å². The van der Waals surface area contributed by atoms with Gasteiger partial charge >= 0.3 is 5.97 Å². The van der Waals surface area contributed by atoms with Gasteiger partial charge in [0, 0.05) is 24.6 Å². The van der Waals surface area contributed by atoms with Crippen molar-refractivity contribution < 1.29 is 28.6 Å². The summed E-state index contributed by atoms with van der Waals surface area (Å²) in [7, 11) is 0. The number of benzene rings is 2. The molecular weight excluding hydrogens is 398 g/mol. The van der Waals surface area contributed by atoms with E-state index in [1.165, 1.54) is 0 Å². The van der Waals surface area contributed by atoms with Crippen molar-refractivity contribution in [3.8, 4) is 11.5 Å². The molecule has 7 heteroatoms. The monoisotopic (exact) mass is 425 g/mol. The molecule has 0 unspecified atom stereocenters. The molecule has 0 aliphatic carbocycles. The van der Waals surface area contributed by atoms with Gasteiger partial charge in [-0.15, -0.1) is 0 Å². The molecule has 0 aromatic heterocycles. The molecule has 0 saturated carbocycles. The van der Waals surface area contributed by atoms with Crippen molar-refractivity contribution in [3.63, 3.8) is 0 Å². The number of fused-ring (bicyclic) bond motifs is 1. The highest BCUT2D eigenvalue weighted by atomic mass is 16.6. The minimum atomic E-state index is -0.581. The van der Waals surface area contributed by atoms with Gasteiger partial charge in [0.2, 0.25) is 0 Å².